The van der Waals surface area contributed by atoms with Gasteiger partial charge in [0.25, 0.3) is 0 Å². The van der Waals surface area contributed by atoms with Crippen LogP contribution < -0.4 is 15.5 Å². The van der Waals surface area contributed by atoms with E-state index in [0.717, 1.165) is 42.1 Å². The lowest BCUT2D eigenvalue weighted by atomic mass is 10.2. The number of fused-ring (bicyclic) bond motifs is 1. The van der Waals surface area contributed by atoms with Crippen LogP contribution in [0.25, 0.3) is 0 Å². The van der Waals surface area contributed by atoms with E-state index >= 15 is 0 Å². The minimum atomic E-state index is -0.0212. The highest BCUT2D eigenvalue weighted by Crippen LogP contribution is 2.28. The number of nitrogens with zero attached hydrogens (tertiary/aromatic N) is 1. The Labute approximate surface area is 141 Å². The van der Waals surface area contributed by atoms with Gasteiger partial charge in [-0.25, -0.2) is 0 Å². The molecule has 1 amide bonds. The van der Waals surface area contributed by atoms with Crippen molar-refractivity contribution in [2.45, 2.75) is 13.3 Å². The zero-order valence-corrected chi connectivity index (χ0v) is 13.9. The molecular formula is C18H20ClN3O. The number of amides is 1. The largest absolute Gasteiger partial charge is 0.383 e. The third-order valence-corrected chi connectivity index (χ3v) is 4.20. The Balaban J connectivity index is 1.72. The van der Waals surface area contributed by atoms with Crippen molar-refractivity contribution < 1.29 is 4.79 Å². The molecule has 3 rings (SSSR count). The van der Waals surface area contributed by atoms with E-state index in [0.29, 0.717) is 11.6 Å². The van der Waals surface area contributed by atoms with Crippen LogP contribution in [0.5, 0.6) is 0 Å². The zero-order valence-electron chi connectivity index (χ0n) is 13.1. The molecule has 1 heterocycles. The Morgan fingerprint density at radius 2 is 2.13 bits per heavy atom. The SMILES string of the molecule is Cc1cc(Cl)ccc1NC(=O)CN1CCCNc2ccccc21. The molecule has 0 saturated carbocycles. The van der Waals surface area contributed by atoms with Gasteiger partial charge in [0.05, 0.1) is 17.9 Å². The van der Waals surface area contributed by atoms with E-state index in [1.54, 1.807) is 6.07 Å². The first-order valence-electron chi connectivity index (χ1n) is 7.77. The van der Waals surface area contributed by atoms with Crippen LogP contribution in [-0.2, 0) is 4.79 Å². The number of anilines is 3. The van der Waals surface area contributed by atoms with Gasteiger partial charge in [0.2, 0.25) is 5.91 Å². The smallest absolute Gasteiger partial charge is 0.243 e. The summed E-state index contributed by atoms with van der Waals surface area (Å²) < 4.78 is 0. The van der Waals surface area contributed by atoms with Gasteiger partial charge in [-0.1, -0.05) is 23.7 Å². The predicted octanol–water partition coefficient (Wildman–Crippen LogP) is 3.91. The minimum absolute atomic E-state index is 0.0212. The summed E-state index contributed by atoms with van der Waals surface area (Å²) in [6, 6.07) is 13.6. The highest BCUT2D eigenvalue weighted by molar-refractivity contribution is 6.30. The molecule has 4 nitrogen and oxygen atoms in total. The molecule has 0 atom stereocenters. The zero-order chi connectivity index (χ0) is 16.2. The van der Waals surface area contributed by atoms with Crippen LogP contribution in [0.2, 0.25) is 5.02 Å². The van der Waals surface area contributed by atoms with E-state index in [4.69, 9.17) is 11.6 Å². The van der Waals surface area contributed by atoms with Crippen LogP contribution in [-0.4, -0.2) is 25.5 Å². The van der Waals surface area contributed by atoms with E-state index in [-0.39, 0.29) is 5.91 Å². The summed E-state index contributed by atoms with van der Waals surface area (Å²) in [5.41, 5.74) is 3.93. The van der Waals surface area contributed by atoms with E-state index in [9.17, 15) is 4.79 Å². The maximum Gasteiger partial charge on any atom is 0.243 e. The molecule has 0 spiro atoms. The molecule has 5 heteroatoms. The van der Waals surface area contributed by atoms with Gasteiger partial charge in [0.15, 0.2) is 0 Å². The first kappa shape index (κ1) is 15.7. The van der Waals surface area contributed by atoms with Crippen molar-refractivity contribution in [3.8, 4) is 0 Å². The third-order valence-electron chi connectivity index (χ3n) is 3.96. The fourth-order valence-electron chi connectivity index (χ4n) is 2.81. The maximum absolute atomic E-state index is 12.4. The standard InChI is InChI=1S/C18H20ClN3O/c1-13-11-14(19)7-8-15(13)21-18(23)12-22-10-4-9-20-16-5-2-3-6-17(16)22/h2-3,5-8,11,20H,4,9-10,12H2,1H3,(H,21,23). The average molecular weight is 330 g/mol. The number of para-hydroxylation sites is 2. The molecule has 1 aliphatic heterocycles. The molecule has 0 unspecified atom stereocenters. The second kappa shape index (κ2) is 6.92. The second-order valence-electron chi connectivity index (χ2n) is 5.73. The molecule has 1 aliphatic rings. The highest BCUT2D eigenvalue weighted by atomic mass is 35.5. The van der Waals surface area contributed by atoms with E-state index in [2.05, 4.69) is 27.7 Å². The first-order chi connectivity index (χ1) is 11.1. The Morgan fingerprint density at radius 1 is 1.30 bits per heavy atom. The maximum atomic E-state index is 12.4. The van der Waals surface area contributed by atoms with E-state index in [1.807, 2.05) is 31.2 Å². The van der Waals surface area contributed by atoms with Crippen LogP contribution in [0.4, 0.5) is 17.1 Å². The molecule has 2 N–H and O–H groups in total. The number of nitrogens with one attached hydrogen (secondary N) is 2. The normalized spacial score (nSPS) is 13.7. The van der Waals surface area contributed by atoms with Gasteiger partial charge in [-0.15, -0.1) is 0 Å². The number of benzene rings is 2. The van der Waals surface area contributed by atoms with Crippen molar-refractivity contribution in [2.75, 3.05) is 35.2 Å². The Bertz CT molecular complexity index is 717. The summed E-state index contributed by atoms with van der Waals surface area (Å²) >= 11 is 5.96. The quantitative estimate of drug-likeness (QED) is 0.897. The molecule has 120 valence electrons. The van der Waals surface area contributed by atoms with Gasteiger partial charge in [0, 0.05) is 23.8 Å². The van der Waals surface area contributed by atoms with Crippen LogP contribution >= 0.6 is 11.6 Å². The van der Waals surface area contributed by atoms with Crippen molar-refractivity contribution in [3.63, 3.8) is 0 Å². The van der Waals surface area contributed by atoms with Gasteiger partial charge in [-0.3, -0.25) is 4.79 Å². The number of rotatable bonds is 3. The number of aryl methyl sites for hydroxylation is 1. The number of halogens is 1. The van der Waals surface area contributed by atoms with Crippen LogP contribution in [0.3, 0.4) is 0 Å². The van der Waals surface area contributed by atoms with Gasteiger partial charge in [0.1, 0.15) is 0 Å². The fourth-order valence-corrected chi connectivity index (χ4v) is 3.03. The monoisotopic (exact) mass is 329 g/mol. The number of hydrogen-bond donors (Lipinski definition) is 2. The molecule has 0 aromatic heterocycles. The van der Waals surface area contributed by atoms with Crippen LogP contribution in [0.15, 0.2) is 42.5 Å². The van der Waals surface area contributed by atoms with Crippen molar-refractivity contribution in [1.29, 1.82) is 0 Å². The lowest BCUT2D eigenvalue weighted by Crippen LogP contribution is -2.33. The van der Waals surface area contributed by atoms with E-state index < -0.39 is 0 Å². The molecule has 23 heavy (non-hydrogen) atoms. The lowest BCUT2D eigenvalue weighted by Gasteiger charge is -2.24. The first-order valence-corrected chi connectivity index (χ1v) is 8.15. The summed E-state index contributed by atoms with van der Waals surface area (Å²) in [6.07, 6.45) is 1.00. The van der Waals surface area contributed by atoms with Crippen molar-refractivity contribution in [1.82, 2.24) is 0 Å². The molecule has 0 radical (unpaired) electrons. The fraction of sp³-hybridized carbons (Fsp3) is 0.278. The minimum Gasteiger partial charge on any atom is -0.383 e. The summed E-state index contributed by atoms with van der Waals surface area (Å²) in [5, 5.41) is 7.06. The molecule has 0 saturated heterocycles. The Kier molecular flexibility index (Phi) is 4.72. The van der Waals surface area contributed by atoms with Gasteiger partial charge < -0.3 is 15.5 Å². The summed E-state index contributed by atoms with van der Waals surface area (Å²) in [7, 11) is 0. The van der Waals surface area contributed by atoms with Gasteiger partial charge in [-0.2, -0.15) is 0 Å². The van der Waals surface area contributed by atoms with Crippen LogP contribution in [0.1, 0.15) is 12.0 Å². The third kappa shape index (κ3) is 3.77. The lowest BCUT2D eigenvalue weighted by molar-refractivity contribution is -0.115. The summed E-state index contributed by atoms with van der Waals surface area (Å²) in [5.74, 6) is -0.0212. The van der Waals surface area contributed by atoms with Gasteiger partial charge >= 0.3 is 0 Å². The topological polar surface area (TPSA) is 44.4 Å². The second-order valence-corrected chi connectivity index (χ2v) is 6.16. The molecule has 0 fully saturated rings. The number of carbonyl (C=O) groups is 1. The Hall–Kier alpha value is -2.20. The highest BCUT2D eigenvalue weighted by Gasteiger charge is 2.17. The molecule has 0 bridgehead atoms. The predicted molar refractivity (Wildman–Crippen MR) is 96.6 cm³/mol. The average Bonchev–Trinajstić information content (AvgIpc) is 2.73. The number of hydrogen-bond acceptors (Lipinski definition) is 3. The summed E-state index contributed by atoms with van der Waals surface area (Å²) in [6.45, 7) is 4.05. The molecule has 0 aliphatic carbocycles. The molecule has 2 aromatic rings. The molecular weight excluding hydrogens is 310 g/mol. The number of carbonyl (C=O) groups excluding carboxylic acids is 1. The summed E-state index contributed by atoms with van der Waals surface area (Å²) in [4.78, 5) is 14.6. The van der Waals surface area contributed by atoms with Crippen LogP contribution in [0, 0.1) is 6.92 Å². The Morgan fingerprint density at radius 3 is 2.96 bits per heavy atom. The van der Waals surface area contributed by atoms with Gasteiger partial charge in [-0.05, 0) is 49.2 Å². The van der Waals surface area contributed by atoms with Crippen molar-refractivity contribution >= 4 is 34.6 Å². The van der Waals surface area contributed by atoms with Crippen molar-refractivity contribution in [2.24, 2.45) is 0 Å². The molecule has 2 aromatic carbocycles. The van der Waals surface area contributed by atoms with E-state index in [1.165, 1.54) is 0 Å². The van der Waals surface area contributed by atoms with Crippen molar-refractivity contribution in [3.05, 3.63) is 53.1 Å².